The summed E-state index contributed by atoms with van der Waals surface area (Å²) in [5.41, 5.74) is 0.822. The summed E-state index contributed by atoms with van der Waals surface area (Å²) in [5.74, 6) is 0.467. The monoisotopic (exact) mass is 336 g/mol. The Balaban J connectivity index is 1.44. The van der Waals surface area contributed by atoms with Crippen LogP contribution in [0.25, 0.3) is 0 Å². The van der Waals surface area contributed by atoms with Gasteiger partial charge in [0.1, 0.15) is 5.60 Å². The Morgan fingerprint density at radius 2 is 2.04 bits per heavy atom. The van der Waals surface area contributed by atoms with Crippen LogP contribution in [0, 0.1) is 5.92 Å². The molecule has 0 N–H and O–H groups in total. The van der Waals surface area contributed by atoms with E-state index in [0.29, 0.717) is 19.5 Å². The van der Waals surface area contributed by atoms with Gasteiger partial charge in [-0.05, 0) is 44.2 Å². The third-order valence-corrected chi connectivity index (χ3v) is 5.26. The van der Waals surface area contributed by atoms with Gasteiger partial charge in [0, 0.05) is 43.4 Å². The average Bonchev–Trinajstić information content (AvgIpc) is 2.87. The van der Waals surface area contributed by atoms with E-state index in [-0.39, 0.29) is 17.9 Å². The standard InChI is InChI=1S/C17H24N2O3S/c1-17(2,3)22-16(21)19-9-12(10-19)8-15(20)18-6-4-14-13(11-18)5-7-23-14/h5,7,12H,4,6,8-11H2,1-3H3. The van der Waals surface area contributed by atoms with Crippen molar-refractivity contribution in [2.75, 3.05) is 19.6 Å². The van der Waals surface area contributed by atoms with E-state index in [0.717, 1.165) is 19.5 Å². The van der Waals surface area contributed by atoms with E-state index in [1.54, 1.807) is 16.2 Å². The minimum absolute atomic E-state index is 0.204. The zero-order chi connectivity index (χ0) is 16.6. The van der Waals surface area contributed by atoms with Crippen molar-refractivity contribution in [3.8, 4) is 0 Å². The van der Waals surface area contributed by atoms with Gasteiger partial charge in [0.2, 0.25) is 5.91 Å². The van der Waals surface area contributed by atoms with Crippen LogP contribution in [0.3, 0.4) is 0 Å². The Hall–Kier alpha value is -1.56. The fourth-order valence-corrected chi connectivity index (χ4v) is 3.90. The highest BCUT2D eigenvalue weighted by Gasteiger charge is 2.35. The maximum atomic E-state index is 12.4. The van der Waals surface area contributed by atoms with Gasteiger partial charge in [-0.15, -0.1) is 11.3 Å². The second-order valence-electron chi connectivity index (χ2n) is 7.39. The third kappa shape index (κ3) is 3.86. The Morgan fingerprint density at radius 3 is 2.74 bits per heavy atom. The molecule has 5 nitrogen and oxygen atoms in total. The maximum Gasteiger partial charge on any atom is 0.410 e. The molecule has 2 aliphatic heterocycles. The Labute approximate surface area is 141 Å². The summed E-state index contributed by atoms with van der Waals surface area (Å²) in [4.78, 5) is 29.4. The van der Waals surface area contributed by atoms with Gasteiger partial charge in [0.25, 0.3) is 0 Å². The Bertz CT molecular complexity index is 599. The number of rotatable bonds is 2. The average molecular weight is 336 g/mol. The first kappa shape index (κ1) is 16.3. The molecule has 0 atom stereocenters. The number of hydrogen-bond acceptors (Lipinski definition) is 4. The summed E-state index contributed by atoms with van der Waals surface area (Å²) in [6, 6.07) is 2.12. The summed E-state index contributed by atoms with van der Waals surface area (Å²) < 4.78 is 5.33. The topological polar surface area (TPSA) is 49.9 Å². The largest absolute Gasteiger partial charge is 0.444 e. The summed E-state index contributed by atoms with van der Waals surface area (Å²) in [5, 5.41) is 2.10. The first-order valence-corrected chi connectivity index (χ1v) is 9.01. The van der Waals surface area contributed by atoms with Crippen LogP contribution in [0.1, 0.15) is 37.6 Å². The molecule has 1 aromatic rings. The van der Waals surface area contributed by atoms with Crippen molar-refractivity contribution in [2.24, 2.45) is 5.92 Å². The highest BCUT2D eigenvalue weighted by Crippen LogP contribution is 2.27. The molecule has 2 amide bonds. The van der Waals surface area contributed by atoms with Gasteiger partial charge >= 0.3 is 6.09 Å². The van der Waals surface area contributed by atoms with E-state index in [9.17, 15) is 9.59 Å². The van der Waals surface area contributed by atoms with Gasteiger partial charge in [-0.2, -0.15) is 0 Å². The van der Waals surface area contributed by atoms with Gasteiger partial charge < -0.3 is 14.5 Å². The van der Waals surface area contributed by atoms with Crippen LogP contribution in [0.15, 0.2) is 11.4 Å². The van der Waals surface area contributed by atoms with Crippen LogP contribution < -0.4 is 0 Å². The van der Waals surface area contributed by atoms with Crippen molar-refractivity contribution in [3.05, 3.63) is 21.9 Å². The lowest BCUT2D eigenvalue weighted by molar-refractivity contribution is -0.134. The van der Waals surface area contributed by atoms with Gasteiger partial charge in [-0.1, -0.05) is 0 Å². The van der Waals surface area contributed by atoms with E-state index in [4.69, 9.17) is 4.74 Å². The zero-order valence-corrected chi connectivity index (χ0v) is 14.8. The Morgan fingerprint density at radius 1 is 1.30 bits per heavy atom. The molecule has 0 spiro atoms. The zero-order valence-electron chi connectivity index (χ0n) is 14.0. The first-order valence-electron chi connectivity index (χ1n) is 8.13. The number of ether oxygens (including phenoxy) is 1. The normalized spacial score (nSPS) is 18.4. The van der Waals surface area contributed by atoms with Crippen LogP contribution in [-0.4, -0.2) is 47.0 Å². The fraction of sp³-hybridized carbons (Fsp3) is 0.647. The minimum atomic E-state index is -0.468. The highest BCUT2D eigenvalue weighted by molar-refractivity contribution is 7.10. The molecule has 23 heavy (non-hydrogen) atoms. The van der Waals surface area contributed by atoms with Gasteiger partial charge in [-0.25, -0.2) is 4.79 Å². The summed E-state index contributed by atoms with van der Waals surface area (Å²) in [7, 11) is 0. The molecule has 0 aromatic carbocycles. The smallest absolute Gasteiger partial charge is 0.410 e. The second kappa shape index (κ2) is 6.15. The third-order valence-electron chi connectivity index (χ3n) is 4.23. The molecule has 3 heterocycles. The van der Waals surface area contributed by atoms with Crippen LogP contribution >= 0.6 is 11.3 Å². The highest BCUT2D eigenvalue weighted by atomic mass is 32.1. The quantitative estimate of drug-likeness (QED) is 0.834. The number of carbonyl (C=O) groups excluding carboxylic acids is 2. The second-order valence-corrected chi connectivity index (χ2v) is 8.39. The number of fused-ring (bicyclic) bond motifs is 1. The van der Waals surface area contributed by atoms with E-state index in [1.165, 1.54) is 10.4 Å². The van der Waals surface area contributed by atoms with Crippen LogP contribution in [0.2, 0.25) is 0 Å². The van der Waals surface area contributed by atoms with Gasteiger partial charge in [0.15, 0.2) is 0 Å². The number of thiophene rings is 1. The van der Waals surface area contributed by atoms with Gasteiger partial charge in [-0.3, -0.25) is 4.79 Å². The minimum Gasteiger partial charge on any atom is -0.444 e. The Kier molecular flexibility index (Phi) is 4.36. The number of hydrogen-bond donors (Lipinski definition) is 0. The van der Waals surface area contributed by atoms with Crippen molar-refractivity contribution in [1.29, 1.82) is 0 Å². The van der Waals surface area contributed by atoms with Crippen LogP contribution in [-0.2, 0) is 22.5 Å². The number of amides is 2. The molecule has 0 saturated carbocycles. The van der Waals surface area contributed by atoms with Crippen molar-refractivity contribution in [2.45, 2.75) is 45.8 Å². The van der Waals surface area contributed by atoms with Crippen molar-refractivity contribution < 1.29 is 14.3 Å². The molecule has 0 radical (unpaired) electrons. The fourth-order valence-electron chi connectivity index (χ4n) is 3.01. The first-order chi connectivity index (χ1) is 10.8. The lowest BCUT2D eigenvalue weighted by atomic mass is 9.95. The molecular formula is C17H24N2O3S. The van der Waals surface area contributed by atoms with Crippen molar-refractivity contribution >= 4 is 23.3 Å². The predicted octanol–water partition coefficient (Wildman–Crippen LogP) is 2.89. The van der Waals surface area contributed by atoms with E-state index in [2.05, 4.69) is 11.4 Å². The molecule has 126 valence electrons. The van der Waals surface area contributed by atoms with Crippen LogP contribution in [0.4, 0.5) is 4.79 Å². The number of carbonyl (C=O) groups is 2. The number of likely N-dealkylation sites (tertiary alicyclic amines) is 1. The summed E-state index contributed by atoms with van der Waals surface area (Å²) in [6.45, 7) is 8.38. The van der Waals surface area contributed by atoms with Crippen molar-refractivity contribution in [1.82, 2.24) is 9.80 Å². The van der Waals surface area contributed by atoms with Crippen molar-refractivity contribution in [3.63, 3.8) is 0 Å². The molecule has 0 aliphatic carbocycles. The summed E-state index contributed by atoms with van der Waals surface area (Å²) >= 11 is 1.78. The molecule has 1 saturated heterocycles. The molecule has 3 rings (SSSR count). The number of nitrogens with zero attached hydrogens (tertiary/aromatic N) is 2. The lowest BCUT2D eigenvalue weighted by Gasteiger charge is -2.40. The molecule has 2 aliphatic rings. The lowest BCUT2D eigenvalue weighted by Crippen LogP contribution is -2.53. The molecular weight excluding hydrogens is 312 g/mol. The van der Waals surface area contributed by atoms with E-state index < -0.39 is 5.60 Å². The molecule has 0 unspecified atom stereocenters. The SMILES string of the molecule is CC(C)(C)OC(=O)N1CC(CC(=O)N2CCc3sccc3C2)C1. The van der Waals surface area contributed by atoms with Gasteiger partial charge in [0.05, 0.1) is 0 Å². The molecule has 1 fully saturated rings. The maximum absolute atomic E-state index is 12.4. The summed E-state index contributed by atoms with van der Waals surface area (Å²) in [6.07, 6.45) is 1.22. The van der Waals surface area contributed by atoms with E-state index >= 15 is 0 Å². The van der Waals surface area contributed by atoms with Crippen LogP contribution in [0.5, 0.6) is 0 Å². The molecule has 0 bridgehead atoms. The van der Waals surface area contributed by atoms with E-state index in [1.807, 2.05) is 25.7 Å². The molecule has 6 heteroatoms. The predicted molar refractivity (Wildman–Crippen MR) is 89.4 cm³/mol. The molecule has 1 aromatic heterocycles.